The molecule has 8 nitrogen and oxygen atoms in total. The van der Waals surface area contributed by atoms with Crippen molar-refractivity contribution >= 4 is 10.8 Å². The fourth-order valence-electron chi connectivity index (χ4n) is 4.38. The first-order valence-electron chi connectivity index (χ1n) is 12.2. The molecule has 8 heteroatoms. The molecule has 0 radical (unpaired) electrons. The fourth-order valence-corrected chi connectivity index (χ4v) is 4.38. The standard InChI is InChI=1S/C28H28N6O2/c1-3-4-9-26-29-19(2)16-27(35)34(26)17-20-10-13-22(14-11-20)36-18-25-23-8-6-5-7-21(23)12-15-24(25)28-30-32-33-31-28/h5-8,10-16H,3-4,9,17-18H2,1-2H3,(H,30,31,32,33). The summed E-state index contributed by atoms with van der Waals surface area (Å²) in [5.41, 5.74) is 3.64. The number of nitrogens with zero attached hydrogens (tertiary/aromatic N) is 5. The molecule has 0 fully saturated rings. The maximum atomic E-state index is 12.7. The van der Waals surface area contributed by atoms with E-state index in [1.165, 1.54) is 0 Å². The van der Waals surface area contributed by atoms with Crippen molar-refractivity contribution in [3.63, 3.8) is 0 Å². The number of hydrogen-bond acceptors (Lipinski definition) is 6. The van der Waals surface area contributed by atoms with Crippen LogP contribution in [0.25, 0.3) is 22.2 Å². The number of fused-ring (bicyclic) bond motifs is 1. The van der Waals surface area contributed by atoms with E-state index in [1.807, 2.05) is 49.4 Å². The Morgan fingerprint density at radius 2 is 1.86 bits per heavy atom. The molecule has 36 heavy (non-hydrogen) atoms. The minimum absolute atomic E-state index is 0.0149. The Kier molecular flexibility index (Phi) is 6.84. The molecule has 0 aliphatic carbocycles. The molecule has 0 spiro atoms. The summed E-state index contributed by atoms with van der Waals surface area (Å²) in [4.78, 5) is 17.3. The number of nitrogens with one attached hydrogen (secondary N) is 1. The van der Waals surface area contributed by atoms with Crippen molar-refractivity contribution < 1.29 is 4.74 Å². The second kappa shape index (κ2) is 10.5. The van der Waals surface area contributed by atoms with Gasteiger partial charge in [0.15, 0.2) is 0 Å². The number of ether oxygens (including phenoxy) is 1. The van der Waals surface area contributed by atoms with Gasteiger partial charge >= 0.3 is 0 Å². The van der Waals surface area contributed by atoms with E-state index in [4.69, 9.17) is 4.74 Å². The van der Waals surface area contributed by atoms with Gasteiger partial charge in [0.05, 0.1) is 6.54 Å². The number of rotatable bonds is 9. The third kappa shape index (κ3) is 5.02. The molecule has 5 aromatic rings. The lowest BCUT2D eigenvalue weighted by atomic mass is 9.99. The Bertz CT molecular complexity index is 1520. The molecule has 5 rings (SSSR count). The van der Waals surface area contributed by atoms with Gasteiger partial charge in [-0.25, -0.2) is 4.98 Å². The highest BCUT2D eigenvalue weighted by atomic mass is 16.5. The van der Waals surface area contributed by atoms with Gasteiger partial charge in [-0.2, -0.15) is 5.21 Å². The van der Waals surface area contributed by atoms with E-state index in [0.717, 1.165) is 64.0 Å². The van der Waals surface area contributed by atoms with E-state index >= 15 is 0 Å². The zero-order chi connectivity index (χ0) is 24.9. The molecule has 0 atom stereocenters. The van der Waals surface area contributed by atoms with Gasteiger partial charge < -0.3 is 4.74 Å². The summed E-state index contributed by atoms with van der Waals surface area (Å²) < 4.78 is 7.96. The van der Waals surface area contributed by atoms with E-state index in [2.05, 4.69) is 50.7 Å². The largest absolute Gasteiger partial charge is 0.489 e. The lowest BCUT2D eigenvalue weighted by Crippen LogP contribution is -2.25. The van der Waals surface area contributed by atoms with Gasteiger partial charge in [-0.05, 0) is 47.0 Å². The maximum Gasteiger partial charge on any atom is 0.254 e. The molecule has 0 saturated carbocycles. The van der Waals surface area contributed by atoms with Crippen molar-refractivity contribution in [2.75, 3.05) is 0 Å². The smallest absolute Gasteiger partial charge is 0.254 e. The van der Waals surface area contributed by atoms with Crippen LogP contribution in [0.1, 0.15) is 42.4 Å². The number of H-pyrrole nitrogens is 1. The van der Waals surface area contributed by atoms with Crippen molar-refractivity contribution in [2.24, 2.45) is 0 Å². The van der Waals surface area contributed by atoms with Crippen molar-refractivity contribution in [2.45, 2.75) is 46.3 Å². The average Bonchev–Trinajstić information content (AvgIpc) is 3.43. The van der Waals surface area contributed by atoms with Crippen LogP contribution in [-0.2, 0) is 19.6 Å². The topological polar surface area (TPSA) is 98.6 Å². The lowest BCUT2D eigenvalue weighted by molar-refractivity contribution is 0.308. The van der Waals surface area contributed by atoms with Crippen molar-refractivity contribution in [3.8, 4) is 17.1 Å². The Balaban J connectivity index is 1.36. The van der Waals surface area contributed by atoms with Crippen LogP contribution in [0.5, 0.6) is 5.75 Å². The van der Waals surface area contributed by atoms with Crippen LogP contribution >= 0.6 is 0 Å². The first-order chi connectivity index (χ1) is 17.6. The van der Waals surface area contributed by atoms with Crippen LogP contribution in [0.15, 0.2) is 71.5 Å². The molecular weight excluding hydrogens is 452 g/mol. The highest BCUT2D eigenvalue weighted by Gasteiger charge is 2.14. The highest BCUT2D eigenvalue weighted by Crippen LogP contribution is 2.29. The monoisotopic (exact) mass is 480 g/mol. The second-order valence-electron chi connectivity index (χ2n) is 8.82. The normalized spacial score (nSPS) is 11.2. The van der Waals surface area contributed by atoms with Crippen LogP contribution in [0.3, 0.4) is 0 Å². The van der Waals surface area contributed by atoms with Crippen molar-refractivity contribution in [3.05, 3.63) is 99.7 Å². The Hall–Kier alpha value is -4.33. The van der Waals surface area contributed by atoms with Crippen molar-refractivity contribution in [1.29, 1.82) is 0 Å². The van der Waals surface area contributed by atoms with Crippen molar-refractivity contribution in [1.82, 2.24) is 30.2 Å². The SMILES string of the molecule is CCCCc1nc(C)cc(=O)n1Cc1ccc(OCc2c(-c3nn[nH]n3)ccc3ccccc23)cc1. The zero-order valence-corrected chi connectivity index (χ0v) is 20.4. The minimum atomic E-state index is -0.0149. The molecule has 0 unspecified atom stereocenters. The minimum Gasteiger partial charge on any atom is -0.489 e. The number of aromatic nitrogens is 6. The number of hydrogen-bond donors (Lipinski definition) is 1. The van der Waals surface area contributed by atoms with Crippen LogP contribution in [0.2, 0.25) is 0 Å². The van der Waals surface area contributed by atoms with Crippen LogP contribution in [-0.4, -0.2) is 30.2 Å². The molecule has 1 N–H and O–H groups in total. The maximum absolute atomic E-state index is 12.7. The second-order valence-corrected chi connectivity index (χ2v) is 8.82. The zero-order valence-electron chi connectivity index (χ0n) is 20.4. The third-order valence-corrected chi connectivity index (χ3v) is 6.24. The van der Waals surface area contributed by atoms with E-state index in [0.29, 0.717) is 19.0 Å². The Morgan fingerprint density at radius 3 is 2.64 bits per heavy atom. The molecule has 2 aromatic heterocycles. The number of aromatic amines is 1. The molecule has 0 saturated heterocycles. The summed E-state index contributed by atoms with van der Waals surface area (Å²) in [5.74, 6) is 2.11. The molecule has 0 aliphatic rings. The average molecular weight is 481 g/mol. The van der Waals surface area contributed by atoms with Gasteiger partial charge in [-0.3, -0.25) is 9.36 Å². The summed E-state index contributed by atoms with van der Waals surface area (Å²) in [6.45, 7) is 4.84. The Morgan fingerprint density at radius 1 is 1.03 bits per heavy atom. The summed E-state index contributed by atoms with van der Waals surface area (Å²) in [5, 5.41) is 16.8. The van der Waals surface area contributed by atoms with Gasteiger partial charge in [0.2, 0.25) is 5.82 Å². The van der Waals surface area contributed by atoms with Crippen LogP contribution in [0, 0.1) is 6.92 Å². The van der Waals surface area contributed by atoms with Gasteiger partial charge in [-0.1, -0.05) is 61.9 Å². The first-order valence-corrected chi connectivity index (χ1v) is 12.2. The number of aryl methyl sites for hydroxylation is 2. The molecule has 2 heterocycles. The van der Waals surface area contributed by atoms with E-state index in [1.54, 1.807) is 10.6 Å². The number of unbranched alkanes of at least 4 members (excludes halogenated alkanes) is 1. The van der Waals surface area contributed by atoms with Crippen LogP contribution < -0.4 is 10.3 Å². The Labute approximate surface area is 209 Å². The number of benzene rings is 3. The van der Waals surface area contributed by atoms with E-state index in [9.17, 15) is 4.79 Å². The van der Waals surface area contributed by atoms with Gasteiger partial charge in [-0.15, -0.1) is 10.2 Å². The predicted octanol–water partition coefficient (Wildman–Crippen LogP) is 4.85. The van der Waals surface area contributed by atoms with E-state index in [-0.39, 0.29) is 5.56 Å². The lowest BCUT2D eigenvalue weighted by Gasteiger charge is -2.14. The van der Waals surface area contributed by atoms with Gasteiger partial charge in [0.25, 0.3) is 5.56 Å². The molecular formula is C28H28N6O2. The molecule has 0 bridgehead atoms. The highest BCUT2D eigenvalue weighted by molar-refractivity contribution is 5.90. The molecule has 3 aromatic carbocycles. The molecule has 0 aliphatic heterocycles. The van der Waals surface area contributed by atoms with E-state index < -0.39 is 0 Å². The summed E-state index contributed by atoms with van der Waals surface area (Å²) in [7, 11) is 0. The van der Waals surface area contributed by atoms with Crippen LogP contribution in [0.4, 0.5) is 0 Å². The van der Waals surface area contributed by atoms with Gasteiger partial charge in [0.1, 0.15) is 18.2 Å². The third-order valence-electron chi connectivity index (χ3n) is 6.24. The predicted molar refractivity (Wildman–Crippen MR) is 139 cm³/mol. The first kappa shape index (κ1) is 23.4. The quantitative estimate of drug-likeness (QED) is 0.324. The summed E-state index contributed by atoms with van der Waals surface area (Å²) >= 11 is 0. The summed E-state index contributed by atoms with van der Waals surface area (Å²) in [6, 6.07) is 21.7. The number of tetrazole rings is 1. The van der Waals surface area contributed by atoms with Gasteiger partial charge in [0, 0.05) is 29.3 Å². The molecule has 0 amide bonds. The fraction of sp³-hybridized carbons (Fsp3) is 0.250. The summed E-state index contributed by atoms with van der Waals surface area (Å²) in [6.07, 6.45) is 2.85. The molecule has 182 valence electrons.